The van der Waals surface area contributed by atoms with Crippen LogP contribution in [0.2, 0.25) is 0 Å². The monoisotopic (exact) mass is 221 g/mol. The molecule has 0 amide bonds. The first kappa shape index (κ1) is 12.7. The van der Waals surface area contributed by atoms with Gasteiger partial charge in [0.05, 0.1) is 12.3 Å². The third-order valence-corrected chi connectivity index (χ3v) is 2.53. The average Bonchev–Trinajstić information content (AvgIpc) is 2.51. The lowest BCUT2D eigenvalue weighted by Crippen LogP contribution is -1.99. The Kier molecular flexibility index (Phi) is 5.54. The normalized spacial score (nSPS) is 20.6. The molecular formula is C13H19NO2. The van der Waals surface area contributed by atoms with Crippen LogP contribution in [-0.4, -0.2) is 18.8 Å². The number of allylic oxidation sites excluding steroid dienone is 2. The van der Waals surface area contributed by atoms with Gasteiger partial charge < -0.3 is 4.74 Å². The summed E-state index contributed by atoms with van der Waals surface area (Å²) in [7, 11) is 0. The lowest BCUT2D eigenvalue weighted by Gasteiger charge is -2.02. The van der Waals surface area contributed by atoms with Crippen molar-refractivity contribution in [2.45, 2.75) is 33.1 Å². The molecule has 88 valence electrons. The van der Waals surface area contributed by atoms with Gasteiger partial charge in [-0.15, -0.1) is 0 Å². The molecule has 0 aliphatic carbocycles. The van der Waals surface area contributed by atoms with Crippen LogP contribution >= 0.6 is 0 Å². The Bertz CT molecular complexity index is 316. The predicted molar refractivity (Wildman–Crippen MR) is 65.4 cm³/mol. The molecule has 0 saturated carbocycles. The molecule has 0 fully saturated rings. The predicted octanol–water partition coefficient (Wildman–Crippen LogP) is 2.88. The van der Waals surface area contributed by atoms with Crippen molar-refractivity contribution in [3.8, 4) is 0 Å². The van der Waals surface area contributed by atoms with Crippen LogP contribution in [0, 0.1) is 5.92 Å². The Hall–Kier alpha value is -1.38. The van der Waals surface area contributed by atoms with Crippen LogP contribution in [-0.2, 0) is 9.53 Å². The molecule has 1 heterocycles. The first-order chi connectivity index (χ1) is 7.76. The van der Waals surface area contributed by atoms with Crippen molar-refractivity contribution in [1.82, 2.24) is 0 Å². The minimum atomic E-state index is -0.310. The van der Waals surface area contributed by atoms with Crippen molar-refractivity contribution in [2.24, 2.45) is 10.9 Å². The quantitative estimate of drug-likeness (QED) is 0.541. The van der Waals surface area contributed by atoms with Crippen molar-refractivity contribution in [2.75, 3.05) is 6.61 Å². The number of hydrogen-bond donors (Lipinski definition) is 0. The molecule has 0 radical (unpaired) electrons. The Morgan fingerprint density at radius 3 is 3.12 bits per heavy atom. The highest BCUT2D eigenvalue weighted by Crippen LogP contribution is 2.15. The van der Waals surface area contributed by atoms with E-state index in [4.69, 9.17) is 4.74 Å². The van der Waals surface area contributed by atoms with Gasteiger partial charge in [-0.05, 0) is 38.2 Å². The van der Waals surface area contributed by atoms with Crippen molar-refractivity contribution in [1.29, 1.82) is 0 Å². The number of hydrogen-bond acceptors (Lipinski definition) is 3. The number of rotatable bonds is 4. The van der Waals surface area contributed by atoms with Crippen LogP contribution in [0.4, 0.5) is 0 Å². The number of ether oxygens (including phenoxy) is 1. The Balaban J connectivity index is 2.53. The highest BCUT2D eigenvalue weighted by molar-refractivity contribution is 5.82. The van der Waals surface area contributed by atoms with E-state index in [9.17, 15) is 4.79 Å². The van der Waals surface area contributed by atoms with E-state index in [1.165, 1.54) is 6.08 Å². The second-order valence-electron chi connectivity index (χ2n) is 3.74. The maximum Gasteiger partial charge on any atom is 0.330 e. The summed E-state index contributed by atoms with van der Waals surface area (Å²) in [5.74, 6) is 0.250. The largest absolute Gasteiger partial charge is 0.463 e. The fourth-order valence-electron chi connectivity index (χ4n) is 1.53. The maximum absolute atomic E-state index is 11.1. The minimum Gasteiger partial charge on any atom is -0.463 e. The van der Waals surface area contributed by atoms with Gasteiger partial charge in [-0.2, -0.15) is 0 Å². The first-order valence-corrected chi connectivity index (χ1v) is 5.85. The summed E-state index contributed by atoms with van der Waals surface area (Å²) >= 11 is 0. The molecule has 1 aliphatic heterocycles. The number of carbonyl (C=O) groups is 1. The minimum absolute atomic E-state index is 0.310. The second-order valence-corrected chi connectivity index (χ2v) is 3.74. The molecule has 1 unspecified atom stereocenters. The Morgan fingerprint density at radius 2 is 2.44 bits per heavy atom. The molecule has 16 heavy (non-hydrogen) atoms. The van der Waals surface area contributed by atoms with Gasteiger partial charge in [-0.25, -0.2) is 4.79 Å². The van der Waals surface area contributed by atoms with Crippen molar-refractivity contribution >= 4 is 12.2 Å². The van der Waals surface area contributed by atoms with Gasteiger partial charge in [0.2, 0.25) is 0 Å². The van der Waals surface area contributed by atoms with Crippen molar-refractivity contribution in [3.63, 3.8) is 0 Å². The molecule has 1 aliphatic rings. The van der Waals surface area contributed by atoms with E-state index in [0.29, 0.717) is 12.5 Å². The molecule has 1 atom stereocenters. The molecule has 0 saturated heterocycles. The summed E-state index contributed by atoms with van der Waals surface area (Å²) in [6.07, 6.45) is 10.5. The van der Waals surface area contributed by atoms with Crippen molar-refractivity contribution < 1.29 is 9.53 Å². The Morgan fingerprint density at radius 1 is 1.62 bits per heavy atom. The van der Waals surface area contributed by atoms with E-state index in [1.54, 1.807) is 13.0 Å². The van der Waals surface area contributed by atoms with Crippen LogP contribution in [0.5, 0.6) is 0 Å². The first-order valence-electron chi connectivity index (χ1n) is 5.85. The molecule has 0 N–H and O–H groups in total. The fraction of sp³-hybridized carbons (Fsp3) is 0.538. The smallest absolute Gasteiger partial charge is 0.330 e. The molecule has 3 nitrogen and oxygen atoms in total. The number of esters is 1. The summed E-state index contributed by atoms with van der Waals surface area (Å²) in [6.45, 7) is 4.36. The summed E-state index contributed by atoms with van der Waals surface area (Å²) in [5, 5.41) is 0. The van der Waals surface area contributed by atoms with E-state index >= 15 is 0 Å². The number of nitrogens with zero attached hydrogens (tertiary/aromatic N) is 1. The van der Waals surface area contributed by atoms with E-state index < -0.39 is 0 Å². The molecule has 3 heteroatoms. The highest BCUT2D eigenvalue weighted by Gasteiger charge is 2.05. The molecular weight excluding hydrogens is 202 g/mol. The van der Waals surface area contributed by atoms with E-state index in [1.807, 2.05) is 6.21 Å². The third kappa shape index (κ3) is 4.43. The molecule has 1 rings (SSSR count). The van der Waals surface area contributed by atoms with Gasteiger partial charge in [0.1, 0.15) is 0 Å². The molecule has 0 aromatic carbocycles. The topological polar surface area (TPSA) is 38.7 Å². The molecule has 0 bridgehead atoms. The van der Waals surface area contributed by atoms with Gasteiger partial charge in [0.25, 0.3) is 0 Å². The SMILES string of the molecule is CCOC(=O)/C=C/C1=CCCC(CC)C=N1. The van der Waals surface area contributed by atoms with Crippen LogP contribution in [0.3, 0.4) is 0 Å². The van der Waals surface area contributed by atoms with Gasteiger partial charge >= 0.3 is 5.97 Å². The summed E-state index contributed by atoms with van der Waals surface area (Å²) < 4.78 is 4.80. The zero-order valence-corrected chi connectivity index (χ0v) is 9.98. The van der Waals surface area contributed by atoms with Crippen LogP contribution < -0.4 is 0 Å². The fourth-order valence-corrected chi connectivity index (χ4v) is 1.53. The maximum atomic E-state index is 11.1. The lowest BCUT2D eigenvalue weighted by atomic mass is 10.0. The van der Waals surface area contributed by atoms with Crippen molar-refractivity contribution in [3.05, 3.63) is 23.9 Å². The average molecular weight is 221 g/mol. The molecule has 0 aromatic rings. The van der Waals surface area contributed by atoms with Gasteiger partial charge in [0.15, 0.2) is 0 Å². The highest BCUT2D eigenvalue weighted by atomic mass is 16.5. The number of aliphatic imine (C=N–C) groups is 1. The zero-order chi connectivity index (χ0) is 11.8. The van der Waals surface area contributed by atoms with Crippen LogP contribution in [0.15, 0.2) is 28.9 Å². The Labute approximate surface area is 96.9 Å². The summed E-state index contributed by atoms with van der Waals surface area (Å²) in [6, 6.07) is 0. The van der Waals surface area contributed by atoms with Crippen LogP contribution in [0.25, 0.3) is 0 Å². The lowest BCUT2D eigenvalue weighted by molar-refractivity contribution is -0.137. The second kappa shape index (κ2) is 6.99. The molecule has 0 aromatic heterocycles. The van der Waals surface area contributed by atoms with Gasteiger partial charge in [-0.3, -0.25) is 4.99 Å². The van der Waals surface area contributed by atoms with Gasteiger partial charge in [-0.1, -0.05) is 13.0 Å². The standard InChI is InChI=1S/C13H19NO2/c1-3-11-6-5-7-12(14-10-11)8-9-13(15)16-4-2/h7-11H,3-6H2,1-2H3/b9-8+. The van der Waals surface area contributed by atoms with E-state index in [0.717, 1.165) is 25.0 Å². The van der Waals surface area contributed by atoms with E-state index in [2.05, 4.69) is 18.0 Å². The summed E-state index contributed by atoms with van der Waals surface area (Å²) in [5.41, 5.74) is 0.851. The van der Waals surface area contributed by atoms with Crippen LogP contribution in [0.1, 0.15) is 33.1 Å². The zero-order valence-electron chi connectivity index (χ0n) is 9.98. The summed E-state index contributed by atoms with van der Waals surface area (Å²) in [4.78, 5) is 15.5. The molecule has 0 spiro atoms. The third-order valence-electron chi connectivity index (χ3n) is 2.53. The van der Waals surface area contributed by atoms with Gasteiger partial charge in [0, 0.05) is 12.3 Å². The van der Waals surface area contributed by atoms with E-state index in [-0.39, 0.29) is 5.97 Å². The number of carbonyl (C=O) groups excluding carboxylic acids is 1.